The number of anilines is 1. The summed E-state index contributed by atoms with van der Waals surface area (Å²) in [5, 5.41) is 0. The fourth-order valence-electron chi connectivity index (χ4n) is 2.56. The van der Waals surface area contributed by atoms with Gasteiger partial charge in [-0.3, -0.25) is 4.79 Å². The molecule has 1 heterocycles. The average molecular weight is 235 g/mol. The van der Waals surface area contributed by atoms with E-state index in [1.807, 2.05) is 6.07 Å². The van der Waals surface area contributed by atoms with E-state index in [0.29, 0.717) is 6.04 Å². The first-order valence-corrected chi connectivity index (χ1v) is 6.17. The van der Waals surface area contributed by atoms with Gasteiger partial charge in [-0.2, -0.15) is 0 Å². The van der Waals surface area contributed by atoms with Crippen molar-refractivity contribution in [2.45, 2.75) is 39.2 Å². The summed E-state index contributed by atoms with van der Waals surface area (Å²) in [6.45, 7) is 4.47. The van der Waals surface area contributed by atoms with Gasteiger partial charge in [-0.1, -0.05) is 6.07 Å². The first-order valence-electron chi connectivity index (χ1n) is 6.17. The van der Waals surface area contributed by atoms with Crippen LogP contribution in [0.15, 0.2) is 18.2 Å². The first kappa shape index (κ1) is 12.1. The molecule has 1 aromatic carbocycles. The van der Waals surface area contributed by atoms with Crippen molar-refractivity contribution >= 4 is 11.5 Å². The van der Waals surface area contributed by atoms with Gasteiger partial charge in [0.05, 0.1) is 11.3 Å². The molecule has 0 bridgehead atoms. The molecular formula is C14H18FNO. The van der Waals surface area contributed by atoms with Gasteiger partial charge in [0.2, 0.25) is 0 Å². The molecule has 0 aliphatic carbocycles. The van der Waals surface area contributed by atoms with E-state index in [2.05, 4.69) is 11.8 Å². The van der Waals surface area contributed by atoms with Crippen LogP contribution >= 0.6 is 0 Å². The summed E-state index contributed by atoms with van der Waals surface area (Å²) in [6, 6.07) is 5.26. The van der Waals surface area contributed by atoms with Gasteiger partial charge in [-0.05, 0) is 45.2 Å². The summed E-state index contributed by atoms with van der Waals surface area (Å²) in [5.41, 5.74) is 0.992. The third-order valence-electron chi connectivity index (χ3n) is 3.46. The highest BCUT2D eigenvalue weighted by Crippen LogP contribution is 2.29. The van der Waals surface area contributed by atoms with E-state index < -0.39 is 5.82 Å². The summed E-state index contributed by atoms with van der Waals surface area (Å²) in [7, 11) is 0. The molecule has 1 saturated heterocycles. The van der Waals surface area contributed by atoms with Crippen LogP contribution in [0.5, 0.6) is 0 Å². The number of halogens is 1. The molecule has 17 heavy (non-hydrogen) atoms. The molecule has 1 fully saturated rings. The number of Topliss-reactive ketones (excluding diaryl/α,β-unsaturated/α-hetero) is 1. The van der Waals surface area contributed by atoms with Crippen LogP contribution < -0.4 is 4.90 Å². The van der Waals surface area contributed by atoms with Crippen LogP contribution in [0.2, 0.25) is 0 Å². The molecule has 92 valence electrons. The second-order valence-electron chi connectivity index (χ2n) is 4.73. The van der Waals surface area contributed by atoms with E-state index in [1.165, 1.54) is 19.4 Å². The second kappa shape index (κ2) is 4.86. The summed E-state index contributed by atoms with van der Waals surface area (Å²) < 4.78 is 13.7. The molecule has 0 radical (unpaired) electrons. The van der Waals surface area contributed by atoms with Crippen molar-refractivity contribution in [3.8, 4) is 0 Å². The van der Waals surface area contributed by atoms with Crippen LogP contribution in [-0.4, -0.2) is 18.4 Å². The number of carbonyl (C=O) groups excluding carboxylic acids is 1. The zero-order valence-corrected chi connectivity index (χ0v) is 10.4. The molecule has 0 amide bonds. The van der Waals surface area contributed by atoms with E-state index in [4.69, 9.17) is 0 Å². The van der Waals surface area contributed by atoms with Crippen molar-refractivity contribution in [1.82, 2.24) is 0 Å². The van der Waals surface area contributed by atoms with Crippen LogP contribution in [0.3, 0.4) is 0 Å². The molecule has 3 heteroatoms. The van der Waals surface area contributed by atoms with Crippen LogP contribution in [0, 0.1) is 5.82 Å². The van der Waals surface area contributed by atoms with Gasteiger partial charge in [0.1, 0.15) is 5.82 Å². The lowest BCUT2D eigenvalue weighted by molar-refractivity contribution is 0.101. The van der Waals surface area contributed by atoms with Gasteiger partial charge >= 0.3 is 0 Å². The number of ketones is 1. The fraction of sp³-hybridized carbons (Fsp3) is 0.500. The molecular weight excluding hydrogens is 217 g/mol. The lowest BCUT2D eigenvalue weighted by Crippen LogP contribution is -2.38. The Morgan fingerprint density at radius 1 is 1.41 bits per heavy atom. The maximum absolute atomic E-state index is 13.7. The third-order valence-corrected chi connectivity index (χ3v) is 3.46. The molecule has 1 unspecified atom stereocenters. The molecule has 1 aliphatic rings. The largest absolute Gasteiger partial charge is 0.368 e. The molecule has 0 aromatic heterocycles. The Kier molecular flexibility index (Phi) is 3.46. The Morgan fingerprint density at radius 2 is 2.18 bits per heavy atom. The Bertz CT molecular complexity index is 430. The zero-order valence-electron chi connectivity index (χ0n) is 10.4. The predicted molar refractivity (Wildman–Crippen MR) is 67.1 cm³/mol. The van der Waals surface area contributed by atoms with Crippen LogP contribution in [0.1, 0.15) is 43.5 Å². The van der Waals surface area contributed by atoms with Crippen molar-refractivity contribution in [3.63, 3.8) is 0 Å². The molecule has 2 nitrogen and oxygen atoms in total. The number of hydrogen-bond donors (Lipinski definition) is 0. The standard InChI is InChI=1S/C14H18FNO/c1-10-6-3-4-9-16(10)13-8-5-7-12(15)14(13)11(2)17/h5,7-8,10H,3-4,6,9H2,1-2H3. The lowest BCUT2D eigenvalue weighted by atomic mass is 10.00. The Morgan fingerprint density at radius 3 is 2.82 bits per heavy atom. The Hall–Kier alpha value is -1.38. The quantitative estimate of drug-likeness (QED) is 0.732. The van der Waals surface area contributed by atoms with Gasteiger partial charge in [0.15, 0.2) is 5.78 Å². The van der Waals surface area contributed by atoms with E-state index in [9.17, 15) is 9.18 Å². The average Bonchev–Trinajstić information content (AvgIpc) is 2.28. The van der Waals surface area contributed by atoms with Crippen molar-refractivity contribution < 1.29 is 9.18 Å². The number of nitrogens with zero attached hydrogens (tertiary/aromatic N) is 1. The topological polar surface area (TPSA) is 20.3 Å². The number of hydrogen-bond acceptors (Lipinski definition) is 2. The summed E-state index contributed by atoms with van der Waals surface area (Å²) in [5.74, 6) is -0.608. The van der Waals surface area contributed by atoms with Crippen LogP contribution in [0.4, 0.5) is 10.1 Å². The number of rotatable bonds is 2. The van der Waals surface area contributed by atoms with Crippen molar-refractivity contribution in [3.05, 3.63) is 29.6 Å². The number of carbonyl (C=O) groups is 1. The highest BCUT2D eigenvalue weighted by molar-refractivity contribution is 6.00. The minimum atomic E-state index is -0.409. The normalized spacial score (nSPS) is 20.4. The van der Waals surface area contributed by atoms with Crippen LogP contribution in [-0.2, 0) is 0 Å². The number of benzene rings is 1. The molecule has 0 saturated carbocycles. The maximum atomic E-state index is 13.7. The third kappa shape index (κ3) is 2.33. The monoisotopic (exact) mass is 235 g/mol. The van der Waals surface area contributed by atoms with E-state index in [0.717, 1.165) is 25.1 Å². The minimum absolute atomic E-state index is 0.198. The lowest BCUT2D eigenvalue weighted by Gasteiger charge is -2.36. The van der Waals surface area contributed by atoms with Crippen molar-refractivity contribution in [2.24, 2.45) is 0 Å². The highest BCUT2D eigenvalue weighted by atomic mass is 19.1. The highest BCUT2D eigenvalue weighted by Gasteiger charge is 2.23. The van der Waals surface area contributed by atoms with Crippen molar-refractivity contribution in [2.75, 3.05) is 11.4 Å². The number of piperidine rings is 1. The Balaban J connectivity index is 2.43. The summed E-state index contributed by atoms with van der Waals surface area (Å²) in [6.07, 6.45) is 3.43. The zero-order chi connectivity index (χ0) is 12.4. The van der Waals surface area contributed by atoms with Gasteiger partial charge in [-0.25, -0.2) is 4.39 Å². The predicted octanol–water partition coefficient (Wildman–Crippen LogP) is 3.41. The minimum Gasteiger partial charge on any atom is -0.368 e. The molecule has 1 aliphatic heterocycles. The Labute approximate surface area is 101 Å². The molecule has 0 N–H and O–H groups in total. The van der Waals surface area contributed by atoms with Crippen molar-refractivity contribution in [1.29, 1.82) is 0 Å². The van der Waals surface area contributed by atoms with E-state index >= 15 is 0 Å². The summed E-state index contributed by atoms with van der Waals surface area (Å²) in [4.78, 5) is 13.7. The maximum Gasteiger partial charge on any atom is 0.164 e. The van der Waals surface area contributed by atoms with Gasteiger partial charge in [0.25, 0.3) is 0 Å². The molecule has 2 rings (SSSR count). The molecule has 1 aromatic rings. The first-order chi connectivity index (χ1) is 8.11. The SMILES string of the molecule is CC(=O)c1c(F)cccc1N1CCCCC1C. The molecule has 1 atom stereocenters. The van der Waals surface area contributed by atoms with Gasteiger partial charge in [0, 0.05) is 12.6 Å². The smallest absolute Gasteiger partial charge is 0.164 e. The van der Waals surface area contributed by atoms with Gasteiger partial charge in [-0.15, -0.1) is 0 Å². The van der Waals surface area contributed by atoms with Gasteiger partial charge < -0.3 is 4.90 Å². The fourth-order valence-corrected chi connectivity index (χ4v) is 2.56. The summed E-state index contributed by atoms with van der Waals surface area (Å²) >= 11 is 0. The molecule has 0 spiro atoms. The van der Waals surface area contributed by atoms with Crippen LogP contribution in [0.25, 0.3) is 0 Å². The van der Waals surface area contributed by atoms with E-state index in [-0.39, 0.29) is 11.3 Å². The second-order valence-corrected chi connectivity index (χ2v) is 4.73. The van der Waals surface area contributed by atoms with E-state index in [1.54, 1.807) is 6.07 Å².